The number of nitrogens with one attached hydrogen (secondary N) is 1. The Morgan fingerprint density at radius 3 is 2.14 bits per heavy atom. The number of aromatic nitrogens is 2. The molecule has 1 aromatic rings. The maximum Gasteiger partial charge on any atom is 0.335 e. The van der Waals surface area contributed by atoms with Gasteiger partial charge in [0.2, 0.25) is 0 Å². The summed E-state index contributed by atoms with van der Waals surface area (Å²) in [6.07, 6.45) is 2.73. The molecule has 2 aliphatic heterocycles. The predicted molar refractivity (Wildman–Crippen MR) is 142 cm³/mol. The zero-order valence-electron chi connectivity index (χ0n) is 22.8. The minimum absolute atomic E-state index is 0.177. The van der Waals surface area contributed by atoms with Crippen molar-refractivity contribution >= 4 is 17.1 Å². The van der Waals surface area contributed by atoms with E-state index in [-0.39, 0.29) is 45.8 Å². The molecule has 2 aliphatic rings. The van der Waals surface area contributed by atoms with Gasteiger partial charge in [0.15, 0.2) is 0 Å². The van der Waals surface area contributed by atoms with Gasteiger partial charge in [0.1, 0.15) is 12.3 Å². The third kappa shape index (κ3) is 4.97. The maximum atomic E-state index is 12.8. The highest BCUT2D eigenvalue weighted by Gasteiger charge is 2.61. The fraction of sp³-hybridized carbons (Fsp3) is 0.760. The van der Waals surface area contributed by atoms with Crippen molar-refractivity contribution in [1.82, 2.24) is 9.55 Å². The average Bonchev–Trinajstić information content (AvgIpc) is 3.06. The van der Waals surface area contributed by atoms with Crippen LogP contribution in [0, 0.1) is 12.8 Å². The van der Waals surface area contributed by atoms with Gasteiger partial charge in [0.25, 0.3) is 5.56 Å². The first-order chi connectivity index (χ1) is 16.3. The number of rotatable bonds is 7. The Hall–Kier alpha value is -1.31. The van der Waals surface area contributed by atoms with Crippen molar-refractivity contribution in [1.29, 1.82) is 0 Å². The van der Waals surface area contributed by atoms with Crippen molar-refractivity contribution in [3.8, 4) is 0 Å². The molecule has 0 saturated carbocycles. The van der Waals surface area contributed by atoms with E-state index < -0.39 is 29.0 Å². The van der Waals surface area contributed by atoms with E-state index in [4.69, 9.17) is 17.7 Å². The molecule has 0 aliphatic carbocycles. The van der Waals surface area contributed by atoms with Gasteiger partial charge in [-0.05, 0) is 35.5 Å². The molecule has 0 aromatic carbocycles. The Labute approximate surface area is 211 Å². The van der Waals surface area contributed by atoms with Crippen molar-refractivity contribution in [2.75, 3.05) is 6.61 Å². The first-order valence-corrected chi connectivity index (χ1v) is 16.8. The number of aromatic amines is 1. The van der Waals surface area contributed by atoms with Crippen molar-refractivity contribution in [3.63, 3.8) is 0 Å². The Balaban J connectivity index is 2.16. The van der Waals surface area contributed by atoms with Crippen LogP contribution >= 0.6 is 0 Å². The number of aryl methyl sites for hydroxylation is 1. The number of H-pyrrole nitrogens is 1. The van der Waals surface area contributed by atoms with Crippen molar-refractivity contribution < 1.29 is 17.7 Å². The van der Waals surface area contributed by atoms with E-state index in [0.29, 0.717) is 18.6 Å². The Kier molecular flexibility index (Phi) is 8.55. The molecule has 3 rings (SSSR count). The first kappa shape index (κ1) is 28.3. The third-order valence-electron chi connectivity index (χ3n) is 7.66. The maximum absolute atomic E-state index is 12.8. The highest BCUT2D eigenvalue weighted by Crippen LogP contribution is 2.50. The zero-order valence-corrected chi connectivity index (χ0v) is 24.8. The molecule has 0 spiro atoms. The summed E-state index contributed by atoms with van der Waals surface area (Å²) in [6.45, 7) is 23.5. The zero-order chi connectivity index (χ0) is 26.3. The lowest BCUT2D eigenvalue weighted by Crippen LogP contribution is -2.65. The van der Waals surface area contributed by atoms with Crippen LogP contribution in [0.5, 0.6) is 0 Å². The summed E-state index contributed by atoms with van der Waals surface area (Å²) in [4.78, 5) is 27.2. The topological polar surface area (TPSA) is 91.8 Å². The minimum Gasteiger partial charge on any atom is -0.414 e. The molecule has 35 heavy (non-hydrogen) atoms. The van der Waals surface area contributed by atoms with Crippen LogP contribution in [0.2, 0.25) is 22.2 Å². The normalized spacial score (nSPS) is 28.4. The van der Waals surface area contributed by atoms with E-state index in [0.717, 1.165) is 0 Å². The van der Waals surface area contributed by atoms with Gasteiger partial charge in [0.05, 0.1) is 12.7 Å². The summed E-state index contributed by atoms with van der Waals surface area (Å²) in [5, 5.41) is 0. The SMILES string of the molecule is C=CC[C@@H]1[C@@H]2O[Si](C(C)C)(C(C)C)O[Si](C(C)C)(C(C)C)OC[C@H]2O[C@H]1n1cc(C)c(=O)[nH]c1=O. The van der Waals surface area contributed by atoms with Gasteiger partial charge >= 0.3 is 22.8 Å². The van der Waals surface area contributed by atoms with Gasteiger partial charge < -0.3 is 17.7 Å². The quantitative estimate of drug-likeness (QED) is 0.403. The molecule has 0 unspecified atom stereocenters. The van der Waals surface area contributed by atoms with E-state index in [1.54, 1.807) is 13.1 Å². The van der Waals surface area contributed by atoms with Crippen molar-refractivity contribution in [2.45, 2.75) is 109 Å². The fourth-order valence-corrected chi connectivity index (χ4v) is 17.0. The number of allylic oxidation sites excluding steroid dienone is 1. The molecule has 8 nitrogen and oxygen atoms in total. The number of hydrogen-bond donors (Lipinski definition) is 1. The van der Waals surface area contributed by atoms with E-state index in [1.807, 2.05) is 6.08 Å². The predicted octanol–water partition coefficient (Wildman–Crippen LogP) is 4.89. The van der Waals surface area contributed by atoms with Gasteiger partial charge in [0, 0.05) is 17.7 Å². The first-order valence-electron chi connectivity index (χ1n) is 12.9. The lowest BCUT2D eigenvalue weighted by Gasteiger charge is -2.51. The molecule has 4 atom stereocenters. The molecule has 1 N–H and O–H groups in total. The number of nitrogens with zero attached hydrogens (tertiary/aromatic N) is 1. The van der Waals surface area contributed by atoms with E-state index >= 15 is 0 Å². The Morgan fingerprint density at radius 2 is 1.63 bits per heavy atom. The highest BCUT2D eigenvalue weighted by molar-refractivity contribution is 6.83. The van der Waals surface area contributed by atoms with Crippen LogP contribution < -0.4 is 11.2 Å². The molecule has 0 bridgehead atoms. The number of fused-ring (bicyclic) bond motifs is 1. The summed E-state index contributed by atoms with van der Waals surface area (Å²) in [6, 6.07) is 0. The van der Waals surface area contributed by atoms with Gasteiger partial charge in [-0.15, -0.1) is 6.58 Å². The lowest BCUT2D eigenvalue weighted by atomic mass is 9.96. The Morgan fingerprint density at radius 1 is 1.06 bits per heavy atom. The summed E-state index contributed by atoms with van der Waals surface area (Å²) in [5.41, 5.74) is 0.422. The summed E-state index contributed by atoms with van der Waals surface area (Å²) >= 11 is 0. The van der Waals surface area contributed by atoms with Crippen LogP contribution in [0.1, 0.15) is 73.6 Å². The van der Waals surface area contributed by atoms with Crippen LogP contribution in [0.4, 0.5) is 0 Å². The van der Waals surface area contributed by atoms with E-state index in [1.165, 1.54) is 4.57 Å². The molecular formula is C25H44N2O6Si2. The second-order valence-electron chi connectivity index (χ2n) is 11.3. The smallest absolute Gasteiger partial charge is 0.335 e. The summed E-state index contributed by atoms with van der Waals surface area (Å²) in [7, 11) is -5.51. The van der Waals surface area contributed by atoms with Gasteiger partial charge in [-0.3, -0.25) is 14.3 Å². The molecule has 10 heteroatoms. The van der Waals surface area contributed by atoms with Crippen LogP contribution in [-0.4, -0.2) is 45.5 Å². The fourth-order valence-electron chi connectivity index (χ4n) is 5.72. The Bertz CT molecular complexity index is 1000. The summed E-state index contributed by atoms with van der Waals surface area (Å²) in [5.74, 6) is -0.177. The van der Waals surface area contributed by atoms with Crippen molar-refractivity contribution in [2.24, 2.45) is 5.92 Å². The molecule has 2 saturated heterocycles. The molecule has 0 radical (unpaired) electrons. The van der Waals surface area contributed by atoms with Gasteiger partial charge in [-0.2, -0.15) is 0 Å². The van der Waals surface area contributed by atoms with Gasteiger partial charge in [-0.25, -0.2) is 4.79 Å². The second-order valence-corrected chi connectivity index (χ2v) is 20.1. The van der Waals surface area contributed by atoms with Crippen LogP contribution in [0.15, 0.2) is 28.4 Å². The van der Waals surface area contributed by atoms with Crippen LogP contribution in [-0.2, 0) is 17.7 Å². The molecular weight excluding hydrogens is 480 g/mol. The molecule has 3 heterocycles. The molecule has 0 amide bonds. The van der Waals surface area contributed by atoms with Crippen molar-refractivity contribution in [3.05, 3.63) is 45.3 Å². The molecule has 2 fully saturated rings. The standard InChI is InChI=1S/C25H44N2O6Si2/c1-11-12-20-22-21(31-24(20)27-13-19(10)23(28)26-25(27)29)14-30-34(15(2)3,16(4)5)33-35(32-22,17(6)7)18(8)9/h11,13,15-18,20-22,24H,1,12,14H2,2-10H3,(H,26,28,29)/t20-,21-,22+,24-/m1/s1. The second kappa shape index (κ2) is 10.6. The lowest BCUT2D eigenvalue weighted by molar-refractivity contribution is -0.0574. The van der Waals surface area contributed by atoms with E-state index in [2.05, 4.69) is 67.0 Å². The van der Waals surface area contributed by atoms with Gasteiger partial charge in [-0.1, -0.05) is 61.5 Å². The van der Waals surface area contributed by atoms with Crippen LogP contribution in [0.3, 0.4) is 0 Å². The third-order valence-corrected chi connectivity index (χ3v) is 17.9. The average molecular weight is 525 g/mol. The monoisotopic (exact) mass is 524 g/mol. The number of ether oxygens (including phenoxy) is 1. The highest BCUT2D eigenvalue weighted by atomic mass is 28.5. The van der Waals surface area contributed by atoms with Crippen LogP contribution in [0.25, 0.3) is 0 Å². The minimum atomic E-state index is -2.82. The molecule has 1 aromatic heterocycles. The molecule has 198 valence electrons. The largest absolute Gasteiger partial charge is 0.414 e. The summed E-state index contributed by atoms with van der Waals surface area (Å²) < 4.78 is 29.4. The number of hydrogen-bond acceptors (Lipinski definition) is 6. The van der Waals surface area contributed by atoms with E-state index in [9.17, 15) is 9.59 Å².